The van der Waals surface area contributed by atoms with E-state index < -0.39 is 0 Å². The summed E-state index contributed by atoms with van der Waals surface area (Å²) < 4.78 is 1.18. The molecule has 0 atom stereocenters. The monoisotopic (exact) mass is 254 g/mol. The van der Waals surface area contributed by atoms with Crippen molar-refractivity contribution in [3.05, 3.63) is 33.7 Å². The van der Waals surface area contributed by atoms with Crippen molar-refractivity contribution in [3.8, 4) is 0 Å². The maximum Gasteiger partial charge on any atom is 0.287 e. The van der Waals surface area contributed by atoms with Crippen LogP contribution >= 0.6 is 11.6 Å². The smallest absolute Gasteiger partial charge is 0.287 e. The standard InChI is InChI=1S/C9H11ClN6O/c1-16-9(17)8(10)6(4-14-16)11-3-2-7-12-5-13-15-7/h4-5,11H,2-3H2,1H3,(H,12,13,15). The zero-order valence-electron chi connectivity index (χ0n) is 9.14. The molecule has 0 radical (unpaired) electrons. The zero-order valence-corrected chi connectivity index (χ0v) is 9.90. The minimum Gasteiger partial charge on any atom is -0.382 e. The van der Waals surface area contributed by atoms with Gasteiger partial charge in [0.2, 0.25) is 0 Å². The quantitative estimate of drug-likeness (QED) is 0.814. The van der Waals surface area contributed by atoms with E-state index in [2.05, 4.69) is 25.6 Å². The number of aryl methyl sites for hydroxylation is 1. The third-order valence-electron chi connectivity index (χ3n) is 2.22. The normalized spacial score (nSPS) is 10.5. The van der Waals surface area contributed by atoms with E-state index in [0.717, 1.165) is 5.82 Å². The molecule has 90 valence electrons. The lowest BCUT2D eigenvalue weighted by Crippen LogP contribution is -2.21. The van der Waals surface area contributed by atoms with Crippen molar-refractivity contribution in [2.45, 2.75) is 6.42 Å². The molecular weight excluding hydrogens is 244 g/mol. The zero-order chi connectivity index (χ0) is 12.3. The van der Waals surface area contributed by atoms with Crippen molar-refractivity contribution in [3.63, 3.8) is 0 Å². The highest BCUT2D eigenvalue weighted by molar-refractivity contribution is 6.32. The van der Waals surface area contributed by atoms with Gasteiger partial charge in [0.1, 0.15) is 17.2 Å². The molecule has 0 unspecified atom stereocenters. The second-order valence-electron chi connectivity index (χ2n) is 3.41. The number of anilines is 1. The van der Waals surface area contributed by atoms with Gasteiger partial charge in [-0.25, -0.2) is 9.67 Å². The molecule has 0 saturated heterocycles. The van der Waals surface area contributed by atoms with Crippen LogP contribution in [0.25, 0.3) is 0 Å². The third-order valence-corrected chi connectivity index (χ3v) is 2.59. The van der Waals surface area contributed by atoms with E-state index >= 15 is 0 Å². The highest BCUT2D eigenvalue weighted by atomic mass is 35.5. The fourth-order valence-corrected chi connectivity index (χ4v) is 1.54. The van der Waals surface area contributed by atoms with E-state index in [-0.39, 0.29) is 10.6 Å². The van der Waals surface area contributed by atoms with Crippen LogP contribution in [0.2, 0.25) is 5.02 Å². The van der Waals surface area contributed by atoms with Gasteiger partial charge in [-0.3, -0.25) is 9.89 Å². The number of rotatable bonds is 4. The van der Waals surface area contributed by atoms with Crippen molar-refractivity contribution in [1.82, 2.24) is 25.0 Å². The van der Waals surface area contributed by atoms with Crippen LogP contribution in [-0.2, 0) is 13.5 Å². The first-order valence-electron chi connectivity index (χ1n) is 4.98. The molecule has 0 aliphatic carbocycles. The van der Waals surface area contributed by atoms with Gasteiger partial charge in [0, 0.05) is 20.0 Å². The summed E-state index contributed by atoms with van der Waals surface area (Å²) in [4.78, 5) is 15.5. The third kappa shape index (κ3) is 2.62. The molecular formula is C9H11ClN6O. The first-order valence-corrected chi connectivity index (χ1v) is 5.36. The Morgan fingerprint density at radius 3 is 3.12 bits per heavy atom. The summed E-state index contributed by atoms with van der Waals surface area (Å²) >= 11 is 5.89. The highest BCUT2D eigenvalue weighted by Gasteiger charge is 2.06. The van der Waals surface area contributed by atoms with Gasteiger partial charge in [-0.1, -0.05) is 11.6 Å². The lowest BCUT2D eigenvalue weighted by molar-refractivity contribution is 0.708. The molecule has 0 saturated carbocycles. The number of nitrogens with zero attached hydrogens (tertiary/aromatic N) is 4. The van der Waals surface area contributed by atoms with Crippen LogP contribution in [0.5, 0.6) is 0 Å². The lowest BCUT2D eigenvalue weighted by atomic mass is 10.4. The molecule has 2 heterocycles. The number of hydrogen-bond acceptors (Lipinski definition) is 5. The number of aromatic amines is 1. The summed E-state index contributed by atoms with van der Waals surface area (Å²) in [5.41, 5.74) is 0.200. The molecule has 0 fully saturated rings. The van der Waals surface area contributed by atoms with Gasteiger partial charge < -0.3 is 5.32 Å². The summed E-state index contributed by atoms with van der Waals surface area (Å²) in [6.07, 6.45) is 3.62. The van der Waals surface area contributed by atoms with Crippen LogP contribution < -0.4 is 10.9 Å². The number of aromatic nitrogens is 5. The summed E-state index contributed by atoms with van der Waals surface area (Å²) in [5, 5.41) is 13.5. The van der Waals surface area contributed by atoms with Crippen molar-refractivity contribution < 1.29 is 0 Å². The fourth-order valence-electron chi connectivity index (χ4n) is 1.30. The summed E-state index contributed by atoms with van der Waals surface area (Å²) in [7, 11) is 1.55. The summed E-state index contributed by atoms with van der Waals surface area (Å²) in [6.45, 7) is 0.587. The van der Waals surface area contributed by atoms with Crippen LogP contribution in [0.15, 0.2) is 17.3 Å². The van der Waals surface area contributed by atoms with Gasteiger partial charge in [-0.2, -0.15) is 10.2 Å². The molecule has 0 aliphatic rings. The van der Waals surface area contributed by atoms with Crippen LogP contribution in [0, 0.1) is 0 Å². The Bertz CT molecular complexity index is 549. The first-order chi connectivity index (χ1) is 8.18. The number of nitrogens with one attached hydrogen (secondary N) is 2. The first kappa shape index (κ1) is 11.6. The Morgan fingerprint density at radius 2 is 2.41 bits per heavy atom. The Morgan fingerprint density at radius 1 is 1.59 bits per heavy atom. The predicted molar refractivity (Wildman–Crippen MR) is 63.1 cm³/mol. The summed E-state index contributed by atoms with van der Waals surface area (Å²) in [6, 6.07) is 0. The van der Waals surface area contributed by atoms with Crippen molar-refractivity contribution >= 4 is 17.3 Å². The minimum atomic E-state index is -0.323. The molecule has 17 heavy (non-hydrogen) atoms. The molecule has 2 aromatic heterocycles. The predicted octanol–water partition coefficient (Wildman–Crippen LogP) is 0.206. The molecule has 0 aromatic carbocycles. The second-order valence-corrected chi connectivity index (χ2v) is 3.79. The highest BCUT2D eigenvalue weighted by Crippen LogP contribution is 2.14. The molecule has 2 rings (SSSR count). The Balaban J connectivity index is 2.00. The topological polar surface area (TPSA) is 88.5 Å². The van der Waals surface area contributed by atoms with Crippen molar-refractivity contribution in [2.24, 2.45) is 7.05 Å². The lowest BCUT2D eigenvalue weighted by Gasteiger charge is -2.07. The van der Waals surface area contributed by atoms with E-state index in [1.807, 2.05) is 0 Å². The van der Waals surface area contributed by atoms with E-state index in [1.54, 1.807) is 7.05 Å². The van der Waals surface area contributed by atoms with Gasteiger partial charge in [0.25, 0.3) is 5.56 Å². The molecule has 7 nitrogen and oxygen atoms in total. The van der Waals surface area contributed by atoms with Gasteiger partial charge in [0.05, 0.1) is 11.9 Å². The van der Waals surface area contributed by atoms with E-state index in [4.69, 9.17) is 11.6 Å². The van der Waals surface area contributed by atoms with Crippen molar-refractivity contribution in [2.75, 3.05) is 11.9 Å². The van der Waals surface area contributed by atoms with Crippen LogP contribution in [0.1, 0.15) is 5.82 Å². The van der Waals surface area contributed by atoms with Crippen LogP contribution in [-0.4, -0.2) is 31.5 Å². The molecule has 0 spiro atoms. The average Bonchev–Trinajstić information content (AvgIpc) is 2.82. The average molecular weight is 255 g/mol. The fraction of sp³-hybridized carbons (Fsp3) is 0.333. The number of H-pyrrole nitrogens is 1. The molecule has 0 bridgehead atoms. The molecule has 2 N–H and O–H groups in total. The van der Waals surface area contributed by atoms with E-state index in [0.29, 0.717) is 18.7 Å². The Hall–Kier alpha value is -1.89. The minimum absolute atomic E-state index is 0.139. The van der Waals surface area contributed by atoms with E-state index in [9.17, 15) is 4.79 Å². The molecule has 2 aromatic rings. The maximum atomic E-state index is 11.5. The number of hydrogen-bond donors (Lipinski definition) is 2. The van der Waals surface area contributed by atoms with Gasteiger partial charge >= 0.3 is 0 Å². The second kappa shape index (κ2) is 4.96. The molecule has 0 amide bonds. The Kier molecular flexibility index (Phi) is 3.38. The summed E-state index contributed by atoms with van der Waals surface area (Å²) in [5.74, 6) is 0.769. The SMILES string of the molecule is Cn1ncc(NCCc2ncn[nH]2)c(Cl)c1=O. The molecule has 8 heteroatoms. The van der Waals surface area contributed by atoms with Crippen LogP contribution in [0.4, 0.5) is 5.69 Å². The van der Waals surface area contributed by atoms with Crippen molar-refractivity contribution in [1.29, 1.82) is 0 Å². The number of halogens is 1. The Labute approximate surface area is 102 Å². The van der Waals surface area contributed by atoms with Gasteiger partial charge in [0.15, 0.2) is 0 Å². The maximum absolute atomic E-state index is 11.5. The van der Waals surface area contributed by atoms with Gasteiger partial charge in [-0.05, 0) is 0 Å². The largest absolute Gasteiger partial charge is 0.382 e. The van der Waals surface area contributed by atoms with E-state index in [1.165, 1.54) is 17.2 Å². The van der Waals surface area contributed by atoms with Crippen LogP contribution in [0.3, 0.4) is 0 Å². The molecule has 0 aliphatic heterocycles. The van der Waals surface area contributed by atoms with Gasteiger partial charge in [-0.15, -0.1) is 0 Å².